The highest BCUT2D eigenvalue weighted by Gasteiger charge is 2.54. The van der Waals surface area contributed by atoms with Gasteiger partial charge in [-0.3, -0.25) is 0 Å². The molecule has 0 amide bonds. The van der Waals surface area contributed by atoms with Crippen molar-refractivity contribution in [1.82, 2.24) is 0 Å². The van der Waals surface area contributed by atoms with Crippen LogP contribution in [0.3, 0.4) is 0 Å². The summed E-state index contributed by atoms with van der Waals surface area (Å²) in [7, 11) is 0. The van der Waals surface area contributed by atoms with E-state index in [1.54, 1.807) is 18.2 Å². The molecule has 0 fully saturated rings. The van der Waals surface area contributed by atoms with Gasteiger partial charge in [-0.2, -0.15) is 0 Å². The molecular weight excluding hydrogens is 346 g/mol. The van der Waals surface area contributed by atoms with Gasteiger partial charge in [0, 0.05) is 35.4 Å². The van der Waals surface area contributed by atoms with E-state index in [9.17, 15) is 15.0 Å². The summed E-state index contributed by atoms with van der Waals surface area (Å²) >= 11 is 0. The van der Waals surface area contributed by atoms with E-state index in [0.29, 0.717) is 39.3 Å². The normalized spacial score (nSPS) is 15.5. The molecule has 5 rings (SSSR count). The second kappa shape index (κ2) is 5.25. The Labute approximate surface area is 154 Å². The number of aromatic hydroxyl groups is 2. The third-order valence-electron chi connectivity index (χ3n) is 5.11. The van der Waals surface area contributed by atoms with Crippen molar-refractivity contribution in [1.29, 1.82) is 0 Å². The molecule has 0 atom stereocenters. The molecule has 0 aliphatic carbocycles. The zero-order valence-electron chi connectivity index (χ0n) is 14.1. The Hall–Kier alpha value is -3.51. The zero-order chi connectivity index (χ0) is 18.8. The fourth-order valence-electron chi connectivity index (χ4n) is 3.99. The number of carbonyl (C=O) groups is 1. The van der Waals surface area contributed by atoms with Gasteiger partial charge in [0.15, 0.2) is 5.60 Å². The lowest BCUT2D eigenvalue weighted by Gasteiger charge is -2.36. The summed E-state index contributed by atoms with van der Waals surface area (Å²) in [6, 6.07) is 14.8. The smallest absolute Gasteiger partial charge is 0.340 e. The number of hydrogen-bond acceptors (Lipinski definition) is 6. The van der Waals surface area contributed by atoms with Gasteiger partial charge in [-0.1, -0.05) is 18.2 Å². The van der Waals surface area contributed by atoms with E-state index in [1.807, 2.05) is 12.1 Å². The van der Waals surface area contributed by atoms with E-state index in [0.717, 1.165) is 0 Å². The van der Waals surface area contributed by atoms with Gasteiger partial charge in [-0.15, -0.1) is 0 Å². The van der Waals surface area contributed by atoms with Gasteiger partial charge in [-0.05, 0) is 29.8 Å². The molecule has 2 aliphatic heterocycles. The summed E-state index contributed by atoms with van der Waals surface area (Å²) in [5, 5.41) is 19.8. The first kappa shape index (κ1) is 15.7. The van der Waals surface area contributed by atoms with Crippen molar-refractivity contribution >= 4 is 5.97 Å². The molecule has 3 aromatic carbocycles. The van der Waals surface area contributed by atoms with Gasteiger partial charge in [-0.25, -0.2) is 4.79 Å². The first-order valence-corrected chi connectivity index (χ1v) is 8.45. The van der Waals surface area contributed by atoms with Crippen molar-refractivity contribution in [3.8, 4) is 23.0 Å². The van der Waals surface area contributed by atoms with E-state index < -0.39 is 11.6 Å². The van der Waals surface area contributed by atoms with Gasteiger partial charge < -0.3 is 25.4 Å². The van der Waals surface area contributed by atoms with Crippen molar-refractivity contribution in [3.63, 3.8) is 0 Å². The average molecular weight is 361 g/mol. The van der Waals surface area contributed by atoms with Crippen LogP contribution in [-0.4, -0.2) is 16.2 Å². The highest BCUT2D eigenvalue weighted by Crippen LogP contribution is 2.57. The summed E-state index contributed by atoms with van der Waals surface area (Å²) in [5.41, 5.74) is 7.60. The Balaban J connectivity index is 1.91. The number of fused-ring (bicyclic) bond motifs is 6. The standard InChI is InChI=1S/C21H15NO5/c22-10-11-2-1-3-16-19(11)20(25)27-21(16)14-6-4-12(23)8-17(14)26-18-9-13(24)5-7-15(18)21/h1-9,23-24H,10,22H2. The van der Waals surface area contributed by atoms with Crippen LogP contribution in [0.25, 0.3) is 0 Å². The van der Waals surface area contributed by atoms with Crippen LogP contribution in [0.2, 0.25) is 0 Å². The number of rotatable bonds is 1. The monoisotopic (exact) mass is 361 g/mol. The second-order valence-electron chi connectivity index (χ2n) is 6.58. The van der Waals surface area contributed by atoms with E-state index in [-0.39, 0.29) is 18.0 Å². The van der Waals surface area contributed by atoms with Crippen molar-refractivity contribution in [2.45, 2.75) is 12.1 Å². The predicted octanol–water partition coefficient (Wildman–Crippen LogP) is 3.12. The van der Waals surface area contributed by atoms with Crippen LogP contribution in [0.1, 0.15) is 32.6 Å². The van der Waals surface area contributed by atoms with Gasteiger partial charge in [0.05, 0.1) is 5.56 Å². The van der Waals surface area contributed by atoms with E-state index in [2.05, 4.69) is 0 Å². The molecule has 0 saturated heterocycles. The zero-order valence-corrected chi connectivity index (χ0v) is 14.1. The number of nitrogens with two attached hydrogens (primary N) is 1. The largest absolute Gasteiger partial charge is 0.508 e. The average Bonchev–Trinajstić information content (AvgIpc) is 2.95. The summed E-state index contributed by atoms with van der Waals surface area (Å²) in [5.74, 6) is 0.283. The molecule has 6 heteroatoms. The van der Waals surface area contributed by atoms with Gasteiger partial charge >= 0.3 is 5.97 Å². The van der Waals surface area contributed by atoms with Crippen LogP contribution in [0.15, 0.2) is 54.6 Å². The summed E-state index contributed by atoms with van der Waals surface area (Å²) in [6.07, 6.45) is 0. The van der Waals surface area contributed by atoms with E-state index in [4.69, 9.17) is 15.2 Å². The Morgan fingerprint density at radius 1 is 0.889 bits per heavy atom. The van der Waals surface area contributed by atoms with Gasteiger partial charge in [0.1, 0.15) is 23.0 Å². The van der Waals surface area contributed by atoms with Crippen LogP contribution in [0.5, 0.6) is 23.0 Å². The third kappa shape index (κ3) is 1.96. The van der Waals surface area contributed by atoms with Crippen LogP contribution in [0, 0.1) is 0 Å². The summed E-state index contributed by atoms with van der Waals surface area (Å²) in [6.45, 7) is 0.204. The lowest BCUT2D eigenvalue weighted by atomic mass is 9.77. The van der Waals surface area contributed by atoms with Crippen LogP contribution in [0.4, 0.5) is 0 Å². The highest BCUT2D eigenvalue weighted by molar-refractivity contribution is 5.98. The molecule has 27 heavy (non-hydrogen) atoms. The fourth-order valence-corrected chi connectivity index (χ4v) is 3.99. The van der Waals surface area contributed by atoms with Gasteiger partial charge in [0.25, 0.3) is 0 Å². The lowest BCUT2D eigenvalue weighted by Crippen LogP contribution is -2.32. The second-order valence-corrected chi connectivity index (χ2v) is 6.58. The Bertz CT molecular complexity index is 1070. The first-order chi connectivity index (χ1) is 13.0. The van der Waals surface area contributed by atoms with Crippen molar-refractivity contribution < 1.29 is 24.5 Å². The Kier molecular flexibility index (Phi) is 3.06. The molecule has 2 heterocycles. The number of hydrogen-bond donors (Lipinski definition) is 3. The fraction of sp³-hybridized carbons (Fsp3) is 0.0952. The Morgan fingerprint density at radius 2 is 1.52 bits per heavy atom. The molecule has 0 aromatic heterocycles. The third-order valence-corrected chi connectivity index (χ3v) is 5.11. The SMILES string of the molecule is NCc1cccc2c1C(=O)OC21c2ccc(O)cc2Oc2cc(O)ccc21. The number of ether oxygens (including phenoxy) is 2. The summed E-state index contributed by atoms with van der Waals surface area (Å²) < 4.78 is 11.9. The molecule has 1 spiro atoms. The van der Waals surface area contributed by atoms with Crippen LogP contribution < -0.4 is 10.5 Å². The molecular formula is C21H15NO5. The van der Waals surface area contributed by atoms with E-state index in [1.165, 1.54) is 24.3 Å². The molecule has 3 aromatic rings. The van der Waals surface area contributed by atoms with Crippen molar-refractivity contribution in [3.05, 3.63) is 82.4 Å². The first-order valence-electron chi connectivity index (χ1n) is 8.45. The minimum atomic E-state index is -1.23. The highest BCUT2D eigenvalue weighted by atomic mass is 16.6. The van der Waals surface area contributed by atoms with Crippen LogP contribution >= 0.6 is 0 Å². The number of benzene rings is 3. The summed E-state index contributed by atoms with van der Waals surface area (Å²) in [4.78, 5) is 12.9. The predicted molar refractivity (Wildman–Crippen MR) is 95.9 cm³/mol. The number of esters is 1. The van der Waals surface area contributed by atoms with Crippen molar-refractivity contribution in [2.75, 3.05) is 0 Å². The molecule has 6 nitrogen and oxygen atoms in total. The maximum Gasteiger partial charge on any atom is 0.340 e. The molecule has 2 aliphatic rings. The van der Waals surface area contributed by atoms with E-state index >= 15 is 0 Å². The quantitative estimate of drug-likeness (QED) is 0.576. The molecule has 0 saturated carbocycles. The van der Waals surface area contributed by atoms with Gasteiger partial charge in [0.2, 0.25) is 0 Å². The van der Waals surface area contributed by atoms with Crippen molar-refractivity contribution in [2.24, 2.45) is 5.73 Å². The molecule has 134 valence electrons. The lowest BCUT2D eigenvalue weighted by molar-refractivity contribution is 0.0223. The number of carbonyl (C=O) groups excluding carboxylic acids is 1. The molecule has 4 N–H and O–H groups in total. The molecule has 0 radical (unpaired) electrons. The maximum atomic E-state index is 12.9. The van der Waals surface area contributed by atoms with Crippen LogP contribution in [-0.2, 0) is 16.9 Å². The Morgan fingerprint density at radius 3 is 2.11 bits per heavy atom. The molecule has 0 bridgehead atoms. The minimum Gasteiger partial charge on any atom is -0.508 e. The molecule has 0 unspecified atom stereocenters. The minimum absolute atomic E-state index is 0.0211. The number of phenolic OH excluding ortho intramolecular Hbond substituents is 2. The number of phenols is 2. The maximum absolute atomic E-state index is 12.9. The topological polar surface area (TPSA) is 102 Å².